The van der Waals surface area contributed by atoms with Crippen LogP contribution in [0.15, 0.2) is 24.3 Å². The van der Waals surface area contributed by atoms with Gasteiger partial charge in [-0.1, -0.05) is 12.1 Å². The maximum atomic E-state index is 13.0. The van der Waals surface area contributed by atoms with Crippen molar-refractivity contribution < 1.29 is 19.4 Å². The fourth-order valence-corrected chi connectivity index (χ4v) is 4.30. The van der Waals surface area contributed by atoms with Gasteiger partial charge in [-0.25, -0.2) is 4.39 Å². The standard InChI is InChI=1S/C21H31FN2O3/c22-20-4-1-16(2-5-20)3-6-21(27)24-12-18(19(13-24)15-26)11-23-9-7-17(14-25)8-10-23/h1-2,4-5,17-19,25-26H,3,6-15H2/t18-,19-/m1/s1. The Balaban J connectivity index is 1.47. The van der Waals surface area contributed by atoms with E-state index >= 15 is 0 Å². The monoisotopic (exact) mass is 378 g/mol. The van der Waals surface area contributed by atoms with E-state index in [2.05, 4.69) is 4.90 Å². The van der Waals surface area contributed by atoms with Gasteiger partial charge in [-0.15, -0.1) is 0 Å². The minimum atomic E-state index is -0.263. The predicted octanol–water partition coefficient (Wildman–Crippen LogP) is 1.53. The van der Waals surface area contributed by atoms with Crippen LogP contribution >= 0.6 is 0 Å². The SMILES string of the molecule is O=C(CCc1ccc(F)cc1)N1C[C@@H](CN2CCC(CO)CC2)[C@@H](CO)C1. The van der Waals surface area contributed by atoms with Crippen molar-refractivity contribution in [3.63, 3.8) is 0 Å². The number of hydrogen-bond acceptors (Lipinski definition) is 4. The zero-order valence-corrected chi connectivity index (χ0v) is 15.9. The molecule has 0 bridgehead atoms. The summed E-state index contributed by atoms with van der Waals surface area (Å²) in [6.45, 7) is 4.58. The van der Waals surface area contributed by atoms with Crippen molar-refractivity contribution in [2.75, 3.05) is 45.9 Å². The molecule has 1 aromatic carbocycles. The first-order valence-electron chi connectivity index (χ1n) is 10.0. The number of amides is 1. The van der Waals surface area contributed by atoms with Crippen LogP contribution < -0.4 is 0 Å². The molecule has 6 heteroatoms. The fourth-order valence-electron chi connectivity index (χ4n) is 4.30. The average Bonchev–Trinajstić information content (AvgIpc) is 3.11. The Labute approximate surface area is 160 Å². The van der Waals surface area contributed by atoms with Crippen molar-refractivity contribution in [1.29, 1.82) is 0 Å². The number of hydrogen-bond donors (Lipinski definition) is 2. The molecule has 27 heavy (non-hydrogen) atoms. The van der Waals surface area contributed by atoms with Gasteiger partial charge in [-0.2, -0.15) is 0 Å². The van der Waals surface area contributed by atoms with Crippen molar-refractivity contribution in [1.82, 2.24) is 9.80 Å². The number of aliphatic hydroxyl groups is 2. The number of rotatable bonds is 7. The van der Waals surface area contributed by atoms with Gasteiger partial charge >= 0.3 is 0 Å². The topological polar surface area (TPSA) is 64.0 Å². The number of benzene rings is 1. The maximum absolute atomic E-state index is 13.0. The lowest BCUT2D eigenvalue weighted by atomic mass is 9.93. The Hall–Kier alpha value is -1.50. The Kier molecular flexibility index (Phi) is 7.21. The molecule has 2 heterocycles. The Morgan fingerprint density at radius 2 is 1.70 bits per heavy atom. The molecule has 150 valence electrons. The van der Waals surface area contributed by atoms with E-state index in [9.17, 15) is 19.4 Å². The number of aliphatic hydroxyl groups excluding tert-OH is 2. The lowest BCUT2D eigenvalue weighted by molar-refractivity contribution is -0.130. The van der Waals surface area contributed by atoms with Gasteiger partial charge in [-0.3, -0.25) is 4.79 Å². The molecule has 5 nitrogen and oxygen atoms in total. The van der Waals surface area contributed by atoms with Crippen molar-refractivity contribution >= 4 is 5.91 Å². The molecule has 0 aromatic heterocycles. The van der Waals surface area contributed by atoms with Crippen molar-refractivity contribution in [3.8, 4) is 0 Å². The molecular weight excluding hydrogens is 347 g/mol. The molecule has 2 N–H and O–H groups in total. The molecule has 0 saturated carbocycles. The van der Waals surface area contributed by atoms with Gasteiger partial charge in [0.25, 0.3) is 0 Å². The first-order valence-corrected chi connectivity index (χ1v) is 10.0. The molecule has 2 atom stereocenters. The number of carbonyl (C=O) groups is 1. The van der Waals surface area contributed by atoms with E-state index in [0.717, 1.165) is 38.0 Å². The molecular formula is C21H31FN2O3. The van der Waals surface area contributed by atoms with Gasteiger partial charge in [0.2, 0.25) is 5.91 Å². The van der Waals surface area contributed by atoms with Gasteiger partial charge in [0.15, 0.2) is 0 Å². The van der Waals surface area contributed by atoms with Gasteiger partial charge in [0, 0.05) is 45.2 Å². The van der Waals surface area contributed by atoms with E-state index in [0.29, 0.717) is 37.8 Å². The van der Waals surface area contributed by atoms with Gasteiger partial charge in [0.05, 0.1) is 0 Å². The highest BCUT2D eigenvalue weighted by atomic mass is 19.1. The minimum absolute atomic E-state index is 0.110. The van der Waals surface area contributed by atoms with E-state index < -0.39 is 0 Å². The van der Waals surface area contributed by atoms with E-state index in [1.165, 1.54) is 12.1 Å². The Morgan fingerprint density at radius 3 is 2.33 bits per heavy atom. The van der Waals surface area contributed by atoms with Crippen LogP contribution in [-0.2, 0) is 11.2 Å². The van der Waals surface area contributed by atoms with Crippen LogP contribution in [0.2, 0.25) is 0 Å². The first kappa shape index (κ1) is 20.2. The first-order chi connectivity index (χ1) is 13.1. The van der Waals surface area contributed by atoms with E-state index in [4.69, 9.17) is 0 Å². The second kappa shape index (κ2) is 9.62. The van der Waals surface area contributed by atoms with Gasteiger partial charge in [0.1, 0.15) is 5.82 Å². The number of aryl methyl sites for hydroxylation is 1. The quantitative estimate of drug-likeness (QED) is 0.755. The van der Waals surface area contributed by atoms with Crippen molar-refractivity contribution in [3.05, 3.63) is 35.6 Å². The van der Waals surface area contributed by atoms with Crippen LogP contribution in [0, 0.1) is 23.6 Å². The summed E-state index contributed by atoms with van der Waals surface area (Å²) in [5.74, 6) is 0.703. The van der Waals surface area contributed by atoms with Crippen LogP contribution in [0.3, 0.4) is 0 Å². The van der Waals surface area contributed by atoms with Crippen LogP contribution in [0.5, 0.6) is 0 Å². The summed E-state index contributed by atoms with van der Waals surface area (Å²) in [6, 6.07) is 6.30. The van der Waals surface area contributed by atoms with Crippen molar-refractivity contribution in [2.24, 2.45) is 17.8 Å². The summed E-state index contributed by atoms with van der Waals surface area (Å²) < 4.78 is 13.0. The summed E-state index contributed by atoms with van der Waals surface area (Å²) in [5.41, 5.74) is 0.964. The van der Waals surface area contributed by atoms with E-state index in [1.54, 1.807) is 12.1 Å². The third kappa shape index (κ3) is 5.50. The van der Waals surface area contributed by atoms with Crippen LogP contribution in [-0.4, -0.2) is 71.9 Å². The van der Waals surface area contributed by atoms with Crippen LogP contribution in [0.25, 0.3) is 0 Å². The third-order valence-corrected chi connectivity index (χ3v) is 6.16. The highest BCUT2D eigenvalue weighted by molar-refractivity contribution is 5.76. The summed E-state index contributed by atoms with van der Waals surface area (Å²) in [4.78, 5) is 16.9. The molecule has 3 rings (SSSR count). The molecule has 1 aromatic rings. The predicted molar refractivity (Wildman–Crippen MR) is 102 cm³/mol. The van der Waals surface area contributed by atoms with E-state index in [1.807, 2.05) is 4.90 Å². The number of likely N-dealkylation sites (tertiary alicyclic amines) is 2. The molecule has 0 spiro atoms. The second-order valence-corrected chi connectivity index (χ2v) is 8.05. The van der Waals surface area contributed by atoms with Crippen LogP contribution in [0.4, 0.5) is 4.39 Å². The summed E-state index contributed by atoms with van der Waals surface area (Å²) in [7, 11) is 0. The Morgan fingerprint density at radius 1 is 1.04 bits per heavy atom. The molecule has 0 radical (unpaired) electrons. The molecule has 0 unspecified atom stereocenters. The number of nitrogens with zero attached hydrogens (tertiary/aromatic N) is 2. The largest absolute Gasteiger partial charge is 0.396 e. The minimum Gasteiger partial charge on any atom is -0.396 e. The molecule has 2 aliphatic rings. The molecule has 2 aliphatic heterocycles. The molecule has 2 fully saturated rings. The molecule has 0 aliphatic carbocycles. The number of carbonyl (C=O) groups excluding carboxylic acids is 1. The van der Waals surface area contributed by atoms with Crippen molar-refractivity contribution in [2.45, 2.75) is 25.7 Å². The summed E-state index contributed by atoms with van der Waals surface area (Å²) >= 11 is 0. The summed E-state index contributed by atoms with van der Waals surface area (Å²) in [5, 5.41) is 19.0. The Bertz CT molecular complexity index is 602. The molecule has 2 saturated heterocycles. The third-order valence-electron chi connectivity index (χ3n) is 6.16. The van der Waals surface area contributed by atoms with Gasteiger partial charge in [-0.05, 0) is 61.9 Å². The lowest BCUT2D eigenvalue weighted by Gasteiger charge is -2.33. The average molecular weight is 378 g/mol. The smallest absolute Gasteiger partial charge is 0.222 e. The molecule has 1 amide bonds. The van der Waals surface area contributed by atoms with E-state index in [-0.39, 0.29) is 30.9 Å². The van der Waals surface area contributed by atoms with Gasteiger partial charge < -0.3 is 20.0 Å². The highest BCUT2D eigenvalue weighted by Gasteiger charge is 2.36. The van der Waals surface area contributed by atoms with Crippen LogP contribution in [0.1, 0.15) is 24.8 Å². The fraction of sp³-hybridized carbons (Fsp3) is 0.667. The lowest BCUT2D eigenvalue weighted by Crippen LogP contribution is -2.40. The zero-order valence-electron chi connectivity index (χ0n) is 15.9. The highest BCUT2D eigenvalue weighted by Crippen LogP contribution is 2.27. The normalized spacial score (nSPS) is 24.5. The second-order valence-electron chi connectivity index (χ2n) is 8.05. The number of halogens is 1. The zero-order chi connectivity index (χ0) is 19.2. The number of piperidine rings is 1. The summed E-state index contributed by atoms with van der Waals surface area (Å²) in [6.07, 6.45) is 3.07. The maximum Gasteiger partial charge on any atom is 0.222 e.